The van der Waals surface area contributed by atoms with E-state index in [1.54, 1.807) is 30.3 Å². The highest BCUT2D eigenvalue weighted by atomic mass is 16.2. The Bertz CT molecular complexity index is 627. The number of rotatable bonds is 3. The molecule has 0 unspecified atom stereocenters. The molecule has 2 aromatic rings. The van der Waals surface area contributed by atoms with Crippen molar-refractivity contribution >= 4 is 18.2 Å². The first kappa shape index (κ1) is 14.3. The molecule has 0 heterocycles. The summed E-state index contributed by atoms with van der Waals surface area (Å²) in [5.74, 6) is -0.405. The third-order valence-electron chi connectivity index (χ3n) is 2.50. The number of carbonyl (C=O) groups excluding carboxylic acids is 2. The third kappa shape index (κ3) is 4.79. The van der Waals surface area contributed by atoms with Crippen molar-refractivity contribution in [1.29, 1.82) is 0 Å². The number of benzene rings is 2. The summed E-state index contributed by atoms with van der Waals surface area (Å²) >= 11 is 0. The maximum atomic E-state index is 11.7. The second-order valence-electron chi connectivity index (χ2n) is 4.05. The molecule has 6 heteroatoms. The van der Waals surface area contributed by atoms with E-state index in [1.165, 1.54) is 6.21 Å². The average molecular weight is 282 g/mol. The largest absolute Gasteiger partial charge is 0.353 e. The predicted octanol–water partition coefficient (Wildman–Crippen LogP) is 1.66. The summed E-state index contributed by atoms with van der Waals surface area (Å²) in [4.78, 5) is 23.1. The van der Waals surface area contributed by atoms with Crippen LogP contribution in [0, 0.1) is 0 Å². The molecule has 0 bridgehead atoms. The lowest BCUT2D eigenvalue weighted by Crippen LogP contribution is -2.45. The van der Waals surface area contributed by atoms with Gasteiger partial charge in [0, 0.05) is 5.56 Å². The van der Waals surface area contributed by atoms with Gasteiger partial charge in [-0.05, 0) is 17.7 Å². The van der Waals surface area contributed by atoms with E-state index >= 15 is 0 Å². The molecule has 3 amide bonds. The van der Waals surface area contributed by atoms with Crippen LogP contribution in [0.1, 0.15) is 15.9 Å². The van der Waals surface area contributed by atoms with Crippen molar-refractivity contribution in [3.8, 4) is 0 Å². The number of nitrogens with one attached hydrogen (secondary N) is 3. The van der Waals surface area contributed by atoms with Gasteiger partial charge in [-0.2, -0.15) is 5.10 Å². The molecule has 0 fully saturated rings. The van der Waals surface area contributed by atoms with Crippen LogP contribution in [0.2, 0.25) is 0 Å². The number of carbonyl (C=O) groups is 2. The van der Waals surface area contributed by atoms with E-state index in [-0.39, 0.29) is 0 Å². The van der Waals surface area contributed by atoms with Crippen LogP contribution in [0.5, 0.6) is 0 Å². The first-order chi connectivity index (χ1) is 10.3. The first-order valence-corrected chi connectivity index (χ1v) is 6.25. The molecule has 0 aliphatic heterocycles. The molecule has 2 aromatic carbocycles. The van der Waals surface area contributed by atoms with Crippen molar-refractivity contribution in [2.45, 2.75) is 0 Å². The molecular weight excluding hydrogens is 268 g/mol. The predicted molar refractivity (Wildman–Crippen MR) is 79.6 cm³/mol. The van der Waals surface area contributed by atoms with Gasteiger partial charge in [0.25, 0.3) is 5.91 Å². The molecule has 0 aliphatic rings. The molecule has 2 rings (SSSR count). The summed E-state index contributed by atoms with van der Waals surface area (Å²) in [7, 11) is 0. The van der Waals surface area contributed by atoms with Crippen LogP contribution in [0.3, 0.4) is 0 Å². The maximum absolute atomic E-state index is 11.7. The van der Waals surface area contributed by atoms with E-state index in [9.17, 15) is 9.59 Å². The van der Waals surface area contributed by atoms with E-state index in [0.29, 0.717) is 5.56 Å². The number of hydrazone groups is 1. The van der Waals surface area contributed by atoms with Gasteiger partial charge in [0.05, 0.1) is 6.21 Å². The van der Waals surface area contributed by atoms with Crippen LogP contribution in [0.4, 0.5) is 4.79 Å². The highest BCUT2D eigenvalue weighted by Gasteiger charge is 2.05. The van der Waals surface area contributed by atoms with Gasteiger partial charge in [-0.1, -0.05) is 48.5 Å². The fourth-order valence-electron chi connectivity index (χ4n) is 1.51. The molecule has 6 nitrogen and oxygen atoms in total. The average Bonchev–Trinajstić information content (AvgIpc) is 2.54. The topological polar surface area (TPSA) is 82.6 Å². The number of urea groups is 1. The summed E-state index contributed by atoms with van der Waals surface area (Å²) in [6, 6.07) is 17.2. The molecule has 0 aliphatic carbocycles. The molecular formula is C15H14N4O2. The van der Waals surface area contributed by atoms with Gasteiger partial charge < -0.3 is 0 Å². The SMILES string of the molecule is O=C(N/N=C\c1ccccc1)NNC(=O)c1ccccc1. The Morgan fingerprint density at radius 2 is 1.48 bits per heavy atom. The number of nitrogens with zero attached hydrogens (tertiary/aromatic N) is 1. The molecule has 106 valence electrons. The van der Waals surface area contributed by atoms with Gasteiger partial charge in [-0.25, -0.2) is 15.6 Å². The lowest BCUT2D eigenvalue weighted by atomic mass is 10.2. The minimum atomic E-state index is -0.633. The fraction of sp³-hybridized carbons (Fsp3) is 0. The van der Waals surface area contributed by atoms with Gasteiger partial charge in [-0.15, -0.1) is 0 Å². The Balaban J connectivity index is 1.75. The monoisotopic (exact) mass is 282 g/mol. The van der Waals surface area contributed by atoms with E-state index in [4.69, 9.17) is 0 Å². The molecule has 0 spiro atoms. The first-order valence-electron chi connectivity index (χ1n) is 6.25. The van der Waals surface area contributed by atoms with Crippen LogP contribution >= 0.6 is 0 Å². The van der Waals surface area contributed by atoms with Crippen LogP contribution in [-0.4, -0.2) is 18.2 Å². The van der Waals surface area contributed by atoms with E-state index < -0.39 is 11.9 Å². The van der Waals surface area contributed by atoms with Gasteiger partial charge >= 0.3 is 6.03 Å². The van der Waals surface area contributed by atoms with E-state index in [2.05, 4.69) is 21.4 Å². The van der Waals surface area contributed by atoms with Crippen molar-refractivity contribution in [3.05, 3.63) is 71.8 Å². The number of amides is 3. The summed E-state index contributed by atoms with van der Waals surface area (Å²) in [5, 5.41) is 3.75. The molecule has 0 radical (unpaired) electrons. The van der Waals surface area contributed by atoms with Gasteiger partial charge in [-0.3, -0.25) is 10.2 Å². The lowest BCUT2D eigenvalue weighted by molar-refractivity contribution is 0.0936. The summed E-state index contributed by atoms with van der Waals surface area (Å²) in [6.45, 7) is 0. The molecule has 3 N–H and O–H groups in total. The summed E-state index contributed by atoms with van der Waals surface area (Å²) < 4.78 is 0. The molecule has 0 aromatic heterocycles. The number of hydrogen-bond donors (Lipinski definition) is 3. The molecule has 0 saturated carbocycles. The fourth-order valence-corrected chi connectivity index (χ4v) is 1.51. The van der Waals surface area contributed by atoms with Crippen LogP contribution < -0.4 is 16.3 Å². The highest BCUT2D eigenvalue weighted by Crippen LogP contribution is 1.96. The van der Waals surface area contributed by atoms with Crippen LogP contribution in [-0.2, 0) is 0 Å². The Morgan fingerprint density at radius 3 is 2.14 bits per heavy atom. The second-order valence-corrected chi connectivity index (χ2v) is 4.05. The Morgan fingerprint density at radius 1 is 0.857 bits per heavy atom. The van der Waals surface area contributed by atoms with E-state index in [0.717, 1.165) is 5.56 Å². The Kier molecular flexibility index (Phi) is 5.05. The molecule has 0 saturated heterocycles. The Hall–Kier alpha value is -3.15. The van der Waals surface area contributed by atoms with Crippen LogP contribution in [0.25, 0.3) is 0 Å². The van der Waals surface area contributed by atoms with Gasteiger partial charge in [0.2, 0.25) is 0 Å². The minimum Gasteiger partial charge on any atom is -0.267 e. The van der Waals surface area contributed by atoms with Crippen molar-refractivity contribution in [2.75, 3.05) is 0 Å². The second kappa shape index (κ2) is 7.44. The normalized spacial score (nSPS) is 10.1. The zero-order valence-electron chi connectivity index (χ0n) is 11.1. The molecule has 21 heavy (non-hydrogen) atoms. The van der Waals surface area contributed by atoms with Crippen molar-refractivity contribution < 1.29 is 9.59 Å². The quantitative estimate of drug-likeness (QED) is 0.591. The van der Waals surface area contributed by atoms with Crippen LogP contribution in [0.15, 0.2) is 65.8 Å². The van der Waals surface area contributed by atoms with Crippen molar-refractivity contribution in [1.82, 2.24) is 16.3 Å². The summed E-state index contributed by atoms with van der Waals surface area (Å²) in [5.41, 5.74) is 8.02. The minimum absolute atomic E-state index is 0.405. The smallest absolute Gasteiger partial charge is 0.267 e. The summed E-state index contributed by atoms with van der Waals surface area (Å²) in [6.07, 6.45) is 1.50. The van der Waals surface area contributed by atoms with E-state index in [1.807, 2.05) is 30.3 Å². The standard InChI is InChI=1S/C15H14N4O2/c20-14(13-9-5-2-6-10-13)17-19-15(21)18-16-11-12-7-3-1-4-8-12/h1-11H,(H,17,20)(H2,18,19,21)/b16-11-. The van der Waals surface area contributed by atoms with Gasteiger partial charge in [0.15, 0.2) is 0 Å². The molecule has 0 atom stereocenters. The maximum Gasteiger partial charge on any atom is 0.353 e. The Labute approximate surface area is 121 Å². The lowest BCUT2D eigenvalue weighted by Gasteiger charge is -2.06. The van der Waals surface area contributed by atoms with Crippen molar-refractivity contribution in [3.63, 3.8) is 0 Å². The third-order valence-corrected chi connectivity index (χ3v) is 2.50. The van der Waals surface area contributed by atoms with Gasteiger partial charge in [0.1, 0.15) is 0 Å². The number of hydrogen-bond acceptors (Lipinski definition) is 3. The highest BCUT2D eigenvalue weighted by molar-refractivity contribution is 5.95. The van der Waals surface area contributed by atoms with Crippen molar-refractivity contribution in [2.24, 2.45) is 5.10 Å². The number of hydrazine groups is 1. The zero-order valence-corrected chi connectivity index (χ0v) is 11.1. The zero-order chi connectivity index (χ0) is 14.9.